The maximum Gasteiger partial charge on any atom is 0.291 e. The third-order valence-electron chi connectivity index (χ3n) is 3.42. The van der Waals surface area contributed by atoms with E-state index in [2.05, 4.69) is 10.3 Å². The molecule has 1 N–H and O–H groups in total. The van der Waals surface area contributed by atoms with Crippen molar-refractivity contribution in [3.63, 3.8) is 0 Å². The zero-order chi connectivity index (χ0) is 18.8. The molecule has 0 saturated heterocycles. The molecule has 0 unspecified atom stereocenters. The van der Waals surface area contributed by atoms with Gasteiger partial charge in [0.25, 0.3) is 6.02 Å². The van der Waals surface area contributed by atoms with Gasteiger partial charge in [0.05, 0.1) is 26.5 Å². The molecular formula is C19H21FN2O3S. The number of aliphatic imine (C=N–C) groups is 1. The number of hydrogen-bond acceptors (Lipinski definition) is 5. The molecule has 0 atom stereocenters. The first kappa shape index (κ1) is 19.8. The predicted octanol–water partition coefficient (Wildman–Crippen LogP) is 3.39. The molecule has 0 aromatic heterocycles. The third kappa shape index (κ3) is 6.76. The number of nitrogens with zero attached hydrogens (tertiary/aromatic N) is 1. The summed E-state index contributed by atoms with van der Waals surface area (Å²) in [6.07, 6.45) is 0. The number of hydrogen-bond donors (Lipinski definition) is 1. The van der Waals surface area contributed by atoms with E-state index >= 15 is 0 Å². The Hall–Kier alpha value is -2.54. The van der Waals surface area contributed by atoms with Gasteiger partial charge in [0.2, 0.25) is 5.91 Å². The molecule has 0 radical (unpaired) electrons. The number of carbonyl (C=O) groups is 1. The van der Waals surface area contributed by atoms with Crippen molar-refractivity contribution in [3.05, 3.63) is 65.5 Å². The number of thioether (sulfide) groups is 1. The topological polar surface area (TPSA) is 59.9 Å². The molecule has 2 aromatic carbocycles. The molecule has 0 fully saturated rings. The molecule has 138 valence electrons. The van der Waals surface area contributed by atoms with Crippen molar-refractivity contribution in [2.75, 3.05) is 20.0 Å². The van der Waals surface area contributed by atoms with Crippen LogP contribution < -0.4 is 10.1 Å². The normalized spacial score (nSPS) is 11.1. The van der Waals surface area contributed by atoms with Crippen molar-refractivity contribution in [1.82, 2.24) is 5.32 Å². The minimum absolute atomic E-state index is 0.143. The van der Waals surface area contributed by atoms with Gasteiger partial charge in [0, 0.05) is 5.75 Å². The van der Waals surface area contributed by atoms with Crippen molar-refractivity contribution < 1.29 is 18.7 Å². The SMILES string of the molecule is COC(=NCc1ccc(F)cc1)NC(=O)CSCc1ccc(OC)cc1. The Kier molecular flexibility index (Phi) is 7.95. The van der Waals surface area contributed by atoms with Crippen LogP contribution in [0.15, 0.2) is 53.5 Å². The predicted molar refractivity (Wildman–Crippen MR) is 102 cm³/mol. The fourth-order valence-electron chi connectivity index (χ4n) is 2.05. The van der Waals surface area contributed by atoms with Gasteiger partial charge in [-0.1, -0.05) is 24.3 Å². The second kappa shape index (κ2) is 10.5. The summed E-state index contributed by atoms with van der Waals surface area (Å²) in [5.41, 5.74) is 1.93. The molecule has 0 heterocycles. The average Bonchev–Trinajstić information content (AvgIpc) is 2.67. The van der Waals surface area contributed by atoms with Gasteiger partial charge < -0.3 is 9.47 Å². The number of halogens is 1. The number of nitrogens with one attached hydrogen (secondary N) is 1. The lowest BCUT2D eigenvalue weighted by Crippen LogP contribution is -2.33. The first-order valence-electron chi connectivity index (χ1n) is 7.94. The maximum atomic E-state index is 12.9. The van der Waals surface area contributed by atoms with E-state index in [4.69, 9.17) is 9.47 Å². The van der Waals surface area contributed by atoms with E-state index < -0.39 is 0 Å². The van der Waals surface area contributed by atoms with Crippen LogP contribution in [0.1, 0.15) is 11.1 Å². The fourth-order valence-corrected chi connectivity index (χ4v) is 2.83. The maximum absolute atomic E-state index is 12.9. The molecule has 7 heteroatoms. The molecule has 0 aliphatic rings. The van der Waals surface area contributed by atoms with E-state index in [1.807, 2.05) is 24.3 Å². The van der Waals surface area contributed by atoms with E-state index in [0.29, 0.717) is 12.3 Å². The van der Waals surface area contributed by atoms with Gasteiger partial charge >= 0.3 is 0 Å². The van der Waals surface area contributed by atoms with Crippen LogP contribution in [0.4, 0.5) is 4.39 Å². The van der Waals surface area contributed by atoms with E-state index in [0.717, 1.165) is 16.9 Å². The Bertz CT molecular complexity index is 733. The van der Waals surface area contributed by atoms with Crippen LogP contribution in [-0.2, 0) is 21.8 Å². The van der Waals surface area contributed by atoms with Crippen LogP contribution in [-0.4, -0.2) is 31.9 Å². The lowest BCUT2D eigenvalue weighted by molar-refractivity contribution is -0.117. The van der Waals surface area contributed by atoms with E-state index in [9.17, 15) is 9.18 Å². The number of amides is 1. The lowest BCUT2D eigenvalue weighted by atomic mass is 10.2. The van der Waals surface area contributed by atoms with Crippen molar-refractivity contribution in [2.24, 2.45) is 4.99 Å². The molecule has 5 nitrogen and oxygen atoms in total. The largest absolute Gasteiger partial charge is 0.497 e. The van der Waals surface area contributed by atoms with E-state index in [1.54, 1.807) is 19.2 Å². The molecule has 0 aliphatic heterocycles. The molecule has 0 bridgehead atoms. The van der Waals surface area contributed by atoms with Crippen LogP contribution in [0.2, 0.25) is 0 Å². The van der Waals surface area contributed by atoms with Crippen molar-refractivity contribution in [1.29, 1.82) is 0 Å². The summed E-state index contributed by atoms with van der Waals surface area (Å²) in [7, 11) is 3.06. The molecular weight excluding hydrogens is 355 g/mol. The molecule has 1 amide bonds. The highest BCUT2D eigenvalue weighted by Crippen LogP contribution is 2.16. The van der Waals surface area contributed by atoms with Crippen LogP contribution in [0.25, 0.3) is 0 Å². The molecule has 0 saturated carbocycles. The summed E-state index contributed by atoms with van der Waals surface area (Å²) < 4.78 is 23.1. The zero-order valence-electron chi connectivity index (χ0n) is 14.7. The number of methoxy groups -OCH3 is 2. The summed E-state index contributed by atoms with van der Waals surface area (Å²) in [5, 5.41) is 2.63. The zero-order valence-corrected chi connectivity index (χ0v) is 15.5. The minimum atomic E-state index is -0.299. The number of carbonyl (C=O) groups excluding carboxylic acids is 1. The van der Waals surface area contributed by atoms with Crippen molar-refractivity contribution in [2.45, 2.75) is 12.3 Å². The highest BCUT2D eigenvalue weighted by molar-refractivity contribution is 7.99. The summed E-state index contributed by atoms with van der Waals surface area (Å²) >= 11 is 1.49. The second-order valence-electron chi connectivity index (χ2n) is 5.34. The Labute approximate surface area is 156 Å². The Morgan fingerprint density at radius 2 is 1.73 bits per heavy atom. The van der Waals surface area contributed by atoms with Crippen LogP contribution in [0.5, 0.6) is 5.75 Å². The summed E-state index contributed by atoms with van der Waals surface area (Å²) in [6.45, 7) is 0.294. The van der Waals surface area contributed by atoms with Crippen molar-refractivity contribution in [3.8, 4) is 5.75 Å². The summed E-state index contributed by atoms with van der Waals surface area (Å²) in [4.78, 5) is 16.2. The Morgan fingerprint density at radius 3 is 2.35 bits per heavy atom. The number of rotatable bonds is 7. The Morgan fingerprint density at radius 1 is 1.08 bits per heavy atom. The number of benzene rings is 2. The highest BCUT2D eigenvalue weighted by Gasteiger charge is 2.07. The molecule has 0 spiro atoms. The first-order chi connectivity index (χ1) is 12.6. The standard InChI is InChI=1S/C19H21FN2O3S/c1-24-17-9-5-15(6-10-17)12-26-13-18(23)22-19(25-2)21-11-14-3-7-16(20)8-4-14/h3-10H,11-13H2,1-2H3,(H,21,22,23). The molecule has 2 aromatic rings. The van der Waals surface area contributed by atoms with Crippen LogP contribution in [0.3, 0.4) is 0 Å². The number of amidine groups is 1. The van der Waals surface area contributed by atoms with E-state index in [-0.39, 0.29) is 23.5 Å². The first-order valence-corrected chi connectivity index (χ1v) is 9.09. The third-order valence-corrected chi connectivity index (χ3v) is 4.42. The van der Waals surface area contributed by atoms with Gasteiger partial charge in [-0.05, 0) is 35.4 Å². The summed E-state index contributed by atoms with van der Waals surface area (Å²) in [6, 6.07) is 13.9. The van der Waals surface area contributed by atoms with Gasteiger partial charge in [-0.2, -0.15) is 0 Å². The van der Waals surface area contributed by atoms with Crippen LogP contribution in [0, 0.1) is 5.82 Å². The van der Waals surface area contributed by atoms with Gasteiger partial charge in [-0.3, -0.25) is 10.1 Å². The minimum Gasteiger partial charge on any atom is -0.497 e. The van der Waals surface area contributed by atoms with Gasteiger partial charge in [-0.25, -0.2) is 9.38 Å². The smallest absolute Gasteiger partial charge is 0.291 e. The van der Waals surface area contributed by atoms with Gasteiger partial charge in [0.15, 0.2) is 0 Å². The highest BCUT2D eigenvalue weighted by atomic mass is 32.2. The molecule has 0 aliphatic carbocycles. The summed E-state index contributed by atoms with van der Waals surface area (Å²) in [5.74, 6) is 1.31. The fraction of sp³-hybridized carbons (Fsp3) is 0.263. The molecule has 2 rings (SSSR count). The average molecular weight is 376 g/mol. The van der Waals surface area contributed by atoms with Gasteiger partial charge in [-0.15, -0.1) is 11.8 Å². The Balaban J connectivity index is 1.76. The monoisotopic (exact) mass is 376 g/mol. The van der Waals surface area contributed by atoms with Gasteiger partial charge in [0.1, 0.15) is 11.6 Å². The number of ether oxygens (including phenoxy) is 2. The lowest BCUT2D eigenvalue weighted by Gasteiger charge is -2.08. The van der Waals surface area contributed by atoms with Crippen molar-refractivity contribution >= 4 is 23.7 Å². The quantitative estimate of drug-likeness (QED) is 0.594. The molecule has 26 heavy (non-hydrogen) atoms. The van der Waals surface area contributed by atoms with Crippen LogP contribution >= 0.6 is 11.8 Å². The second-order valence-corrected chi connectivity index (χ2v) is 6.33. The van der Waals surface area contributed by atoms with E-state index in [1.165, 1.54) is 31.0 Å².